The van der Waals surface area contributed by atoms with Crippen molar-refractivity contribution in [3.63, 3.8) is 0 Å². The lowest BCUT2D eigenvalue weighted by Crippen LogP contribution is -2.07. The molecule has 0 aliphatic heterocycles. The maximum Gasteiger partial charge on any atom is 0.213 e. The molecule has 0 atom stereocenters. The summed E-state index contributed by atoms with van der Waals surface area (Å²) in [5, 5.41) is 4.73. The molecule has 2 N–H and O–H groups in total. The normalized spacial score (nSPS) is 10.5. The fourth-order valence-corrected chi connectivity index (χ4v) is 1.65. The molecule has 0 aliphatic rings. The highest BCUT2D eigenvalue weighted by molar-refractivity contribution is 6.33. The first-order chi connectivity index (χ1) is 8.11. The quantitative estimate of drug-likeness (QED) is 0.906. The standard InChI is InChI=1S/C11H13ClN4O/c1-7-10(12)11(13)16(15-7)6-8-4-3-5-9(14-8)17-2/h3-5H,6,13H2,1-2H3. The molecule has 0 fully saturated rings. The van der Waals surface area contributed by atoms with Crippen molar-refractivity contribution >= 4 is 17.4 Å². The van der Waals surface area contributed by atoms with Crippen molar-refractivity contribution in [2.75, 3.05) is 12.8 Å². The van der Waals surface area contributed by atoms with Crippen molar-refractivity contribution in [3.8, 4) is 5.88 Å². The topological polar surface area (TPSA) is 66.0 Å². The Morgan fingerprint density at radius 2 is 2.24 bits per heavy atom. The van der Waals surface area contributed by atoms with Crippen LogP contribution in [0.25, 0.3) is 0 Å². The molecule has 0 saturated heterocycles. The highest BCUT2D eigenvalue weighted by Gasteiger charge is 2.10. The van der Waals surface area contributed by atoms with Gasteiger partial charge in [0.1, 0.15) is 10.8 Å². The van der Waals surface area contributed by atoms with Gasteiger partial charge in [-0.2, -0.15) is 5.10 Å². The minimum absolute atomic E-state index is 0.453. The van der Waals surface area contributed by atoms with Crippen molar-refractivity contribution in [2.45, 2.75) is 13.5 Å². The van der Waals surface area contributed by atoms with Crippen molar-refractivity contribution in [3.05, 3.63) is 34.6 Å². The molecule has 2 aromatic heterocycles. The lowest BCUT2D eigenvalue weighted by molar-refractivity contribution is 0.395. The summed E-state index contributed by atoms with van der Waals surface area (Å²) in [6.07, 6.45) is 0. The van der Waals surface area contributed by atoms with Gasteiger partial charge in [0.15, 0.2) is 0 Å². The third kappa shape index (κ3) is 2.34. The predicted molar refractivity (Wildman–Crippen MR) is 66.3 cm³/mol. The largest absolute Gasteiger partial charge is 0.481 e. The molecule has 5 nitrogen and oxygen atoms in total. The summed E-state index contributed by atoms with van der Waals surface area (Å²) in [7, 11) is 1.58. The van der Waals surface area contributed by atoms with Crippen LogP contribution in [0.2, 0.25) is 5.02 Å². The second-order valence-corrected chi connectivity index (χ2v) is 3.99. The summed E-state index contributed by atoms with van der Waals surface area (Å²) < 4.78 is 6.68. The van der Waals surface area contributed by atoms with Gasteiger partial charge in [0.2, 0.25) is 5.88 Å². The lowest BCUT2D eigenvalue weighted by atomic mass is 10.3. The number of nitrogens with two attached hydrogens (primary N) is 1. The van der Waals surface area contributed by atoms with Gasteiger partial charge in [-0.15, -0.1) is 0 Å². The molecular formula is C11H13ClN4O. The molecular weight excluding hydrogens is 240 g/mol. The molecule has 0 radical (unpaired) electrons. The molecule has 2 heterocycles. The Labute approximate surface area is 104 Å². The number of nitrogens with zero attached hydrogens (tertiary/aromatic N) is 3. The number of hydrogen-bond donors (Lipinski definition) is 1. The third-order valence-corrected chi connectivity index (χ3v) is 2.86. The van der Waals surface area contributed by atoms with Gasteiger partial charge in [-0.1, -0.05) is 17.7 Å². The fourth-order valence-electron chi connectivity index (χ4n) is 1.51. The van der Waals surface area contributed by atoms with Crippen LogP contribution >= 0.6 is 11.6 Å². The predicted octanol–water partition coefficient (Wildman–Crippen LogP) is 1.88. The number of halogens is 1. The average molecular weight is 253 g/mol. The number of pyridine rings is 1. The molecule has 0 aliphatic carbocycles. The first kappa shape index (κ1) is 11.7. The zero-order valence-electron chi connectivity index (χ0n) is 9.64. The zero-order valence-corrected chi connectivity index (χ0v) is 10.4. The SMILES string of the molecule is COc1cccc(Cn2nc(C)c(Cl)c2N)n1. The number of aromatic nitrogens is 3. The Kier molecular flexibility index (Phi) is 3.19. The van der Waals surface area contributed by atoms with Crippen molar-refractivity contribution < 1.29 is 4.74 Å². The third-order valence-electron chi connectivity index (χ3n) is 2.39. The van der Waals surface area contributed by atoms with Crippen LogP contribution < -0.4 is 10.5 Å². The summed E-state index contributed by atoms with van der Waals surface area (Å²) in [5.74, 6) is 1.02. The molecule has 2 aromatic rings. The van der Waals surface area contributed by atoms with Crippen LogP contribution in [0.4, 0.5) is 5.82 Å². The van der Waals surface area contributed by atoms with Gasteiger partial charge in [0.25, 0.3) is 0 Å². The molecule has 17 heavy (non-hydrogen) atoms. The van der Waals surface area contributed by atoms with Crippen LogP contribution in [-0.4, -0.2) is 21.9 Å². The van der Waals surface area contributed by atoms with E-state index < -0.39 is 0 Å². The van der Waals surface area contributed by atoms with Gasteiger partial charge >= 0.3 is 0 Å². The second kappa shape index (κ2) is 4.63. The summed E-state index contributed by atoms with van der Waals surface area (Å²) >= 11 is 5.97. The number of nitrogen functional groups attached to an aromatic ring is 1. The highest BCUT2D eigenvalue weighted by atomic mass is 35.5. The molecule has 2 rings (SSSR count). The van der Waals surface area contributed by atoms with E-state index in [1.807, 2.05) is 19.1 Å². The number of hydrogen-bond acceptors (Lipinski definition) is 4. The minimum atomic E-state index is 0.453. The molecule has 0 saturated carbocycles. The Morgan fingerprint density at radius 3 is 2.82 bits per heavy atom. The smallest absolute Gasteiger partial charge is 0.213 e. The van der Waals surface area contributed by atoms with Crippen LogP contribution in [0.15, 0.2) is 18.2 Å². The van der Waals surface area contributed by atoms with Crippen LogP contribution in [0.3, 0.4) is 0 Å². The average Bonchev–Trinajstić information content (AvgIpc) is 2.57. The van der Waals surface area contributed by atoms with Crippen LogP contribution in [0.1, 0.15) is 11.4 Å². The number of rotatable bonds is 3. The van der Waals surface area contributed by atoms with Crippen molar-refractivity contribution in [1.29, 1.82) is 0 Å². The van der Waals surface area contributed by atoms with Gasteiger partial charge in [0.05, 0.1) is 25.0 Å². The first-order valence-electron chi connectivity index (χ1n) is 5.10. The first-order valence-corrected chi connectivity index (χ1v) is 5.48. The Balaban J connectivity index is 2.28. The Hall–Kier alpha value is -1.75. The van der Waals surface area contributed by atoms with Crippen LogP contribution in [-0.2, 0) is 6.54 Å². The van der Waals surface area contributed by atoms with E-state index in [2.05, 4.69) is 10.1 Å². The van der Waals surface area contributed by atoms with Gasteiger partial charge in [-0.25, -0.2) is 9.67 Å². The zero-order chi connectivity index (χ0) is 12.4. The van der Waals surface area contributed by atoms with E-state index >= 15 is 0 Å². The van der Waals surface area contributed by atoms with Gasteiger partial charge in [-0.05, 0) is 13.0 Å². The number of aryl methyl sites for hydroxylation is 1. The maximum absolute atomic E-state index is 5.97. The van der Waals surface area contributed by atoms with Gasteiger partial charge in [-0.3, -0.25) is 0 Å². The lowest BCUT2D eigenvalue weighted by Gasteiger charge is -2.05. The highest BCUT2D eigenvalue weighted by Crippen LogP contribution is 2.22. The molecule has 6 heteroatoms. The molecule has 0 bridgehead atoms. The van der Waals surface area contributed by atoms with Gasteiger partial charge in [0, 0.05) is 6.07 Å². The van der Waals surface area contributed by atoms with Crippen LogP contribution in [0.5, 0.6) is 5.88 Å². The monoisotopic (exact) mass is 252 g/mol. The summed E-state index contributed by atoms with van der Waals surface area (Å²) in [4.78, 5) is 4.28. The number of ether oxygens (including phenoxy) is 1. The van der Waals surface area contributed by atoms with Crippen molar-refractivity contribution in [2.24, 2.45) is 0 Å². The van der Waals surface area contributed by atoms with Crippen LogP contribution in [0, 0.1) is 6.92 Å². The van der Waals surface area contributed by atoms with E-state index in [0.29, 0.717) is 29.0 Å². The Morgan fingerprint density at radius 1 is 1.47 bits per heavy atom. The molecule has 0 amide bonds. The van der Waals surface area contributed by atoms with E-state index in [-0.39, 0.29) is 0 Å². The molecule has 0 spiro atoms. The number of methoxy groups -OCH3 is 1. The number of anilines is 1. The van der Waals surface area contributed by atoms with E-state index in [1.54, 1.807) is 17.9 Å². The fraction of sp³-hybridized carbons (Fsp3) is 0.273. The molecule has 0 unspecified atom stereocenters. The minimum Gasteiger partial charge on any atom is -0.481 e. The van der Waals surface area contributed by atoms with Crippen molar-refractivity contribution in [1.82, 2.24) is 14.8 Å². The second-order valence-electron chi connectivity index (χ2n) is 3.61. The van der Waals surface area contributed by atoms with Gasteiger partial charge < -0.3 is 10.5 Å². The summed E-state index contributed by atoms with van der Waals surface area (Å²) in [6.45, 7) is 2.28. The molecule has 90 valence electrons. The van der Waals surface area contributed by atoms with E-state index in [0.717, 1.165) is 5.69 Å². The maximum atomic E-state index is 5.97. The summed E-state index contributed by atoms with van der Waals surface area (Å²) in [5.41, 5.74) is 7.36. The Bertz CT molecular complexity index is 538. The van der Waals surface area contributed by atoms with E-state index in [1.165, 1.54) is 0 Å². The van der Waals surface area contributed by atoms with E-state index in [4.69, 9.17) is 22.1 Å². The molecule has 0 aromatic carbocycles. The summed E-state index contributed by atoms with van der Waals surface area (Å²) in [6, 6.07) is 5.54. The van der Waals surface area contributed by atoms with E-state index in [9.17, 15) is 0 Å².